The monoisotopic (exact) mass is 216 g/mol. The van der Waals surface area contributed by atoms with E-state index in [4.69, 9.17) is 9.52 Å². The average molecular weight is 216 g/mol. The first kappa shape index (κ1) is 11.0. The van der Waals surface area contributed by atoms with Crippen LogP contribution in [0.1, 0.15) is 24.4 Å². The second kappa shape index (κ2) is 4.41. The van der Waals surface area contributed by atoms with Crippen LogP contribution in [0.4, 0.5) is 0 Å². The predicted octanol–water partition coefficient (Wildman–Crippen LogP) is 1.74. The Morgan fingerprint density at radius 2 is 2.21 bits per heavy atom. The highest BCUT2D eigenvalue weighted by Gasteiger charge is 2.14. The smallest absolute Gasteiger partial charge is 0.371 e. The molecular weight excluding hydrogens is 204 g/mol. The highest BCUT2D eigenvalue weighted by molar-refractivity contribution is 7.84. The van der Waals surface area contributed by atoms with Gasteiger partial charge in [0, 0.05) is 5.75 Å². The van der Waals surface area contributed by atoms with Crippen molar-refractivity contribution in [1.82, 2.24) is 0 Å². The molecule has 0 aliphatic carbocycles. The fourth-order valence-corrected chi connectivity index (χ4v) is 2.11. The summed E-state index contributed by atoms with van der Waals surface area (Å²) >= 11 is 0. The van der Waals surface area contributed by atoms with Crippen molar-refractivity contribution < 1.29 is 18.5 Å². The van der Waals surface area contributed by atoms with Crippen molar-refractivity contribution >= 4 is 16.8 Å². The van der Waals surface area contributed by atoms with Gasteiger partial charge in [0.15, 0.2) is 5.09 Å². The topological polar surface area (TPSA) is 67.5 Å². The molecule has 0 aliphatic rings. The quantitative estimate of drug-likeness (QED) is 0.832. The Kier molecular flexibility index (Phi) is 3.46. The van der Waals surface area contributed by atoms with Crippen molar-refractivity contribution in [2.75, 3.05) is 5.75 Å². The van der Waals surface area contributed by atoms with Crippen molar-refractivity contribution in [3.8, 4) is 0 Å². The first-order valence-corrected chi connectivity index (χ1v) is 5.54. The van der Waals surface area contributed by atoms with Crippen molar-refractivity contribution in [1.29, 1.82) is 0 Å². The van der Waals surface area contributed by atoms with Gasteiger partial charge in [0.1, 0.15) is 0 Å². The Labute approximate surface area is 84.4 Å². The Morgan fingerprint density at radius 1 is 1.57 bits per heavy atom. The summed E-state index contributed by atoms with van der Waals surface area (Å²) in [6.45, 7) is 3.89. The van der Waals surface area contributed by atoms with Gasteiger partial charge in [-0.05, 0) is 18.1 Å². The van der Waals surface area contributed by atoms with Gasteiger partial charge in [-0.1, -0.05) is 13.8 Å². The number of furan rings is 1. The van der Waals surface area contributed by atoms with Gasteiger partial charge in [0.05, 0.1) is 10.8 Å². The van der Waals surface area contributed by atoms with Crippen LogP contribution < -0.4 is 0 Å². The minimum Gasteiger partial charge on any atom is -0.475 e. The third-order valence-electron chi connectivity index (χ3n) is 1.50. The number of carboxylic acids is 1. The maximum atomic E-state index is 11.5. The zero-order chi connectivity index (χ0) is 10.7. The molecule has 0 bridgehead atoms. The second-order valence-corrected chi connectivity index (χ2v) is 4.76. The first-order chi connectivity index (χ1) is 6.50. The summed E-state index contributed by atoms with van der Waals surface area (Å²) < 4.78 is 16.4. The van der Waals surface area contributed by atoms with Crippen LogP contribution in [0.15, 0.2) is 21.6 Å². The van der Waals surface area contributed by atoms with Crippen LogP contribution in [0.3, 0.4) is 0 Å². The van der Waals surface area contributed by atoms with Gasteiger partial charge in [-0.25, -0.2) is 4.79 Å². The van der Waals surface area contributed by atoms with E-state index in [0.29, 0.717) is 5.75 Å². The van der Waals surface area contributed by atoms with Crippen LogP contribution in [0.5, 0.6) is 0 Å². The molecule has 0 aliphatic heterocycles. The Bertz CT molecular complexity index is 353. The summed E-state index contributed by atoms with van der Waals surface area (Å²) in [4.78, 5) is 10.5. The fourth-order valence-electron chi connectivity index (χ4n) is 0.942. The normalized spacial score (nSPS) is 13.1. The minimum atomic E-state index is -1.24. The maximum absolute atomic E-state index is 11.5. The average Bonchev–Trinajstić information content (AvgIpc) is 2.50. The Hall–Kier alpha value is -1.10. The molecule has 5 heteroatoms. The molecule has 1 heterocycles. The van der Waals surface area contributed by atoms with Gasteiger partial charge in [-0.3, -0.25) is 4.21 Å². The number of carboxylic acid groups (broad SMARTS) is 1. The van der Waals surface area contributed by atoms with Gasteiger partial charge in [0.2, 0.25) is 5.76 Å². The van der Waals surface area contributed by atoms with E-state index in [1.807, 2.05) is 13.8 Å². The zero-order valence-corrected chi connectivity index (χ0v) is 8.84. The molecule has 14 heavy (non-hydrogen) atoms. The molecule has 0 amide bonds. The molecule has 4 nitrogen and oxygen atoms in total. The lowest BCUT2D eigenvalue weighted by molar-refractivity contribution is 0.0656. The van der Waals surface area contributed by atoms with Crippen molar-refractivity contribution in [3.63, 3.8) is 0 Å². The van der Waals surface area contributed by atoms with E-state index in [-0.39, 0.29) is 16.8 Å². The van der Waals surface area contributed by atoms with E-state index in [1.54, 1.807) is 0 Å². The molecule has 0 saturated heterocycles. The van der Waals surface area contributed by atoms with Crippen LogP contribution in [-0.2, 0) is 10.8 Å². The molecule has 78 valence electrons. The molecule has 1 atom stereocenters. The SMILES string of the molecule is CC(C)CS(=O)c1ccc(C(=O)O)o1. The van der Waals surface area contributed by atoms with Crippen molar-refractivity contribution in [2.24, 2.45) is 5.92 Å². The first-order valence-electron chi connectivity index (χ1n) is 4.22. The van der Waals surface area contributed by atoms with Crippen LogP contribution in [-0.4, -0.2) is 21.0 Å². The summed E-state index contributed by atoms with van der Waals surface area (Å²) in [7, 11) is -1.24. The zero-order valence-electron chi connectivity index (χ0n) is 8.02. The molecule has 0 aromatic carbocycles. The summed E-state index contributed by atoms with van der Waals surface area (Å²) in [6.07, 6.45) is 0. The second-order valence-electron chi connectivity index (χ2n) is 3.33. The number of hydrogen-bond acceptors (Lipinski definition) is 3. The third kappa shape index (κ3) is 2.70. The summed E-state index contributed by atoms with van der Waals surface area (Å²) in [5.74, 6) is -0.545. The van der Waals surface area contributed by atoms with E-state index in [9.17, 15) is 9.00 Å². The number of rotatable bonds is 4. The van der Waals surface area contributed by atoms with E-state index in [1.165, 1.54) is 12.1 Å². The van der Waals surface area contributed by atoms with Crippen LogP contribution in [0.2, 0.25) is 0 Å². The summed E-state index contributed by atoms with van der Waals surface area (Å²) in [5, 5.41) is 8.80. The molecule has 0 radical (unpaired) electrons. The van der Waals surface area contributed by atoms with Gasteiger partial charge in [-0.15, -0.1) is 0 Å². The van der Waals surface area contributed by atoms with Crippen LogP contribution in [0, 0.1) is 5.92 Å². The predicted molar refractivity (Wildman–Crippen MR) is 51.8 cm³/mol. The highest BCUT2D eigenvalue weighted by Crippen LogP contribution is 2.14. The van der Waals surface area contributed by atoms with Gasteiger partial charge in [0.25, 0.3) is 0 Å². The molecule has 0 saturated carbocycles. The molecular formula is C9H12O4S. The fraction of sp³-hybridized carbons (Fsp3) is 0.444. The Balaban J connectivity index is 2.76. The standard InChI is InChI=1S/C9H12O4S/c1-6(2)5-14(12)8-4-3-7(13-8)9(10)11/h3-4,6H,5H2,1-2H3,(H,10,11). The minimum absolute atomic E-state index is 0.169. The van der Waals surface area contributed by atoms with Gasteiger partial charge in [-0.2, -0.15) is 0 Å². The lowest BCUT2D eigenvalue weighted by atomic mass is 10.3. The number of hydrogen-bond donors (Lipinski definition) is 1. The lowest BCUT2D eigenvalue weighted by Crippen LogP contribution is -2.03. The molecule has 1 rings (SSSR count). The van der Waals surface area contributed by atoms with E-state index in [0.717, 1.165) is 0 Å². The maximum Gasteiger partial charge on any atom is 0.371 e. The molecule has 1 N–H and O–H groups in total. The van der Waals surface area contributed by atoms with Gasteiger partial charge < -0.3 is 9.52 Å². The molecule has 1 aromatic rings. The largest absolute Gasteiger partial charge is 0.475 e. The molecule has 0 spiro atoms. The summed E-state index contributed by atoms with van der Waals surface area (Å²) in [6, 6.07) is 2.76. The molecule has 1 aromatic heterocycles. The Morgan fingerprint density at radius 3 is 2.64 bits per heavy atom. The molecule has 1 unspecified atom stereocenters. The van der Waals surface area contributed by atoms with Crippen molar-refractivity contribution in [2.45, 2.75) is 18.9 Å². The van der Waals surface area contributed by atoms with Crippen molar-refractivity contribution in [3.05, 3.63) is 17.9 Å². The van der Waals surface area contributed by atoms with E-state index in [2.05, 4.69) is 0 Å². The third-order valence-corrected chi connectivity index (χ3v) is 3.14. The summed E-state index contributed by atoms with van der Waals surface area (Å²) in [5.41, 5.74) is 0. The van der Waals surface area contributed by atoms with Crippen LogP contribution in [0.25, 0.3) is 0 Å². The number of carbonyl (C=O) groups is 1. The number of aromatic carboxylic acids is 1. The van der Waals surface area contributed by atoms with E-state index >= 15 is 0 Å². The molecule has 0 fully saturated rings. The lowest BCUT2D eigenvalue weighted by Gasteiger charge is -2.00. The van der Waals surface area contributed by atoms with E-state index < -0.39 is 16.8 Å². The van der Waals surface area contributed by atoms with Gasteiger partial charge >= 0.3 is 5.97 Å². The highest BCUT2D eigenvalue weighted by atomic mass is 32.2. The van der Waals surface area contributed by atoms with Crippen LogP contribution >= 0.6 is 0 Å².